The summed E-state index contributed by atoms with van der Waals surface area (Å²) >= 11 is 0. The average Bonchev–Trinajstić information content (AvgIpc) is 1.67. The van der Waals surface area contributed by atoms with Crippen molar-refractivity contribution in [3.8, 4) is 0 Å². The molecule has 0 spiro atoms. The van der Waals surface area contributed by atoms with Crippen LogP contribution in [0.1, 0.15) is 20.3 Å². The van der Waals surface area contributed by atoms with Crippen molar-refractivity contribution < 1.29 is 26.9 Å². The van der Waals surface area contributed by atoms with Crippen LogP contribution in [0.15, 0.2) is 0 Å². The Kier molecular flexibility index (Phi) is 7.08. The first kappa shape index (κ1) is 12.1. The molecule has 0 unspecified atom stereocenters. The van der Waals surface area contributed by atoms with Crippen molar-refractivity contribution in [2.24, 2.45) is 0 Å². The predicted molar refractivity (Wildman–Crippen MR) is 32.8 cm³/mol. The van der Waals surface area contributed by atoms with Crippen molar-refractivity contribution in [2.45, 2.75) is 25.9 Å². The van der Waals surface area contributed by atoms with Crippen LogP contribution >= 0.6 is 0 Å². The van der Waals surface area contributed by atoms with Crippen LogP contribution in [-0.4, -0.2) is 24.4 Å². The zero-order valence-corrected chi connectivity index (χ0v) is 7.01. The van der Waals surface area contributed by atoms with Gasteiger partial charge in [0.15, 0.2) is 0 Å². The minimum absolute atomic E-state index is 0. The van der Waals surface area contributed by atoms with Gasteiger partial charge in [-0.2, -0.15) is 0 Å². The van der Waals surface area contributed by atoms with Gasteiger partial charge in [0.05, 0.1) is 5.60 Å². The number of aliphatic hydroxyl groups excluding tert-OH is 1. The zero-order chi connectivity index (χ0) is 6.62. The summed E-state index contributed by atoms with van der Waals surface area (Å²) in [6, 6.07) is 0. The Bertz CT molecular complexity index is 64.1. The standard InChI is InChI=1S/C6H14O2.Cu/c1-6(2,8-3)4-5-7;/h7H,4-5H2,1-3H3;. The summed E-state index contributed by atoms with van der Waals surface area (Å²) in [7, 11) is 1.65. The Balaban J connectivity index is 0. The minimum atomic E-state index is -0.158. The van der Waals surface area contributed by atoms with E-state index in [-0.39, 0.29) is 29.3 Å². The Morgan fingerprint density at radius 3 is 2.00 bits per heavy atom. The summed E-state index contributed by atoms with van der Waals surface area (Å²) in [5.41, 5.74) is -0.158. The molecule has 0 aliphatic heterocycles. The molecule has 0 saturated heterocycles. The van der Waals surface area contributed by atoms with Crippen molar-refractivity contribution in [2.75, 3.05) is 13.7 Å². The van der Waals surface area contributed by atoms with Crippen molar-refractivity contribution in [1.29, 1.82) is 0 Å². The van der Waals surface area contributed by atoms with Gasteiger partial charge >= 0.3 is 0 Å². The van der Waals surface area contributed by atoms with E-state index in [2.05, 4.69) is 0 Å². The Labute approximate surface area is 67.1 Å². The molecule has 0 amide bonds. The van der Waals surface area contributed by atoms with Crippen molar-refractivity contribution in [3.05, 3.63) is 0 Å². The van der Waals surface area contributed by atoms with Gasteiger partial charge < -0.3 is 9.84 Å². The molecule has 0 atom stereocenters. The quantitative estimate of drug-likeness (QED) is 0.653. The first-order valence-corrected chi connectivity index (χ1v) is 2.78. The molecule has 0 aromatic rings. The van der Waals surface area contributed by atoms with Gasteiger partial charge in [0.1, 0.15) is 0 Å². The van der Waals surface area contributed by atoms with E-state index >= 15 is 0 Å². The average molecular weight is 182 g/mol. The van der Waals surface area contributed by atoms with E-state index in [0.717, 1.165) is 0 Å². The number of ether oxygens (including phenoxy) is 1. The third kappa shape index (κ3) is 6.32. The second-order valence-electron chi connectivity index (χ2n) is 2.44. The van der Waals surface area contributed by atoms with Crippen molar-refractivity contribution >= 4 is 0 Å². The fourth-order valence-corrected chi connectivity index (χ4v) is 0.371. The number of aliphatic hydroxyl groups is 1. The predicted octanol–water partition coefficient (Wildman–Crippen LogP) is 0.791. The number of hydrogen-bond donors (Lipinski definition) is 1. The first-order valence-electron chi connectivity index (χ1n) is 2.78. The molecule has 0 fully saturated rings. The van der Waals surface area contributed by atoms with Crippen molar-refractivity contribution in [1.82, 2.24) is 0 Å². The molecule has 0 saturated carbocycles. The molecule has 0 aromatic carbocycles. The van der Waals surface area contributed by atoms with Gasteiger partial charge in [0.25, 0.3) is 0 Å². The molecular formula is C6H14CuO2. The van der Waals surface area contributed by atoms with E-state index in [1.165, 1.54) is 0 Å². The summed E-state index contributed by atoms with van der Waals surface area (Å²) in [5, 5.41) is 8.45. The molecular weight excluding hydrogens is 168 g/mol. The maximum absolute atomic E-state index is 8.45. The largest absolute Gasteiger partial charge is 0.396 e. The number of hydrogen-bond acceptors (Lipinski definition) is 2. The fourth-order valence-electron chi connectivity index (χ4n) is 0.371. The minimum Gasteiger partial charge on any atom is -0.396 e. The van der Waals surface area contributed by atoms with E-state index in [1.807, 2.05) is 13.8 Å². The van der Waals surface area contributed by atoms with E-state index < -0.39 is 0 Å². The van der Waals surface area contributed by atoms with Crippen LogP contribution in [0.3, 0.4) is 0 Å². The molecule has 0 bridgehead atoms. The first-order chi connectivity index (χ1) is 3.62. The van der Waals surface area contributed by atoms with Crippen LogP contribution in [0.2, 0.25) is 0 Å². The van der Waals surface area contributed by atoms with E-state index in [1.54, 1.807) is 7.11 Å². The monoisotopic (exact) mass is 181 g/mol. The molecule has 1 radical (unpaired) electrons. The molecule has 9 heavy (non-hydrogen) atoms. The van der Waals surface area contributed by atoms with E-state index in [0.29, 0.717) is 6.42 Å². The molecule has 0 rings (SSSR count). The Hall–Kier alpha value is 0.439. The van der Waals surface area contributed by atoms with E-state index in [4.69, 9.17) is 9.84 Å². The maximum Gasteiger partial charge on any atom is 0.0644 e. The van der Waals surface area contributed by atoms with Crippen LogP contribution in [0.5, 0.6) is 0 Å². The normalized spacial score (nSPS) is 10.7. The molecule has 3 heteroatoms. The van der Waals surface area contributed by atoms with Gasteiger partial charge in [-0.1, -0.05) is 0 Å². The number of rotatable bonds is 3. The van der Waals surface area contributed by atoms with Crippen LogP contribution in [-0.2, 0) is 21.8 Å². The summed E-state index contributed by atoms with van der Waals surface area (Å²) in [6.07, 6.45) is 0.698. The molecule has 0 aromatic heterocycles. The van der Waals surface area contributed by atoms with Gasteiger partial charge in [-0.3, -0.25) is 0 Å². The zero-order valence-electron chi connectivity index (χ0n) is 6.07. The van der Waals surface area contributed by atoms with Crippen molar-refractivity contribution in [3.63, 3.8) is 0 Å². The van der Waals surface area contributed by atoms with E-state index in [9.17, 15) is 0 Å². The van der Waals surface area contributed by atoms with Crippen LogP contribution in [0, 0.1) is 0 Å². The molecule has 0 heterocycles. The summed E-state index contributed by atoms with van der Waals surface area (Å²) in [6.45, 7) is 4.09. The van der Waals surface area contributed by atoms with Gasteiger partial charge in [-0.15, -0.1) is 0 Å². The second kappa shape index (κ2) is 5.24. The van der Waals surface area contributed by atoms with Gasteiger partial charge in [-0.25, -0.2) is 0 Å². The maximum atomic E-state index is 8.45. The molecule has 2 nitrogen and oxygen atoms in total. The Morgan fingerprint density at radius 2 is 1.89 bits per heavy atom. The van der Waals surface area contributed by atoms with Gasteiger partial charge in [-0.05, 0) is 20.3 Å². The summed E-state index contributed by atoms with van der Waals surface area (Å²) in [5.74, 6) is 0. The van der Waals surface area contributed by atoms with Crippen LogP contribution in [0.25, 0.3) is 0 Å². The molecule has 1 N–H and O–H groups in total. The topological polar surface area (TPSA) is 29.5 Å². The third-order valence-corrected chi connectivity index (χ3v) is 1.27. The second-order valence-corrected chi connectivity index (χ2v) is 2.44. The molecule has 0 aliphatic rings. The molecule has 0 aliphatic carbocycles. The Morgan fingerprint density at radius 1 is 1.44 bits per heavy atom. The summed E-state index contributed by atoms with van der Waals surface area (Å²) in [4.78, 5) is 0. The summed E-state index contributed by atoms with van der Waals surface area (Å²) < 4.78 is 5.02. The van der Waals surface area contributed by atoms with Crippen LogP contribution in [0.4, 0.5) is 0 Å². The van der Waals surface area contributed by atoms with Gasteiger partial charge in [0, 0.05) is 30.8 Å². The fraction of sp³-hybridized carbons (Fsp3) is 1.00. The third-order valence-electron chi connectivity index (χ3n) is 1.27. The van der Waals surface area contributed by atoms with Crippen LogP contribution < -0.4 is 0 Å². The van der Waals surface area contributed by atoms with Gasteiger partial charge in [0.2, 0.25) is 0 Å². The molecule has 61 valence electrons. The SMILES string of the molecule is COC(C)(C)CCO.[Cu]. The number of methoxy groups -OCH3 is 1. The smallest absolute Gasteiger partial charge is 0.0644 e.